The summed E-state index contributed by atoms with van der Waals surface area (Å²) < 4.78 is 32.2. The van der Waals surface area contributed by atoms with Crippen LogP contribution in [0, 0.1) is 11.6 Å². The van der Waals surface area contributed by atoms with E-state index in [0.29, 0.717) is 75.7 Å². The second-order valence-corrected chi connectivity index (χ2v) is 10.9. The molecule has 42 heavy (non-hydrogen) atoms. The minimum Gasteiger partial charge on any atom is -0.479 e. The SMILES string of the molecule is COc1nc2cccc(Cl)c2nc1-c1cc(F)ccc1Cl.Fc1ccc(Cl)c(-c2nc3c(Cl)cccc3nc2CBr)c1. The van der Waals surface area contributed by atoms with E-state index in [1.807, 2.05) is 12.1 Å². The summed E-state index contributed by atoms with van der Waals surface area (Å²) in [5.41, 5.74) is 4.82. The number of alkyl halides is 1. The lowest BCUT2D eigenvalue weighted by molar-refractivity contribution is 0.399. The Morgan fingerprint density at radius 2 is 1.14 bits per heavy atom. The summed E-state index contributed by atoms with van der Waals surface area (Å²) >= 11 is 28.0. The van der Waals surface area contributed by atoms with E-state index in [1.54, 1.807) is 24.3 Å². The molecule has 0 saturated carbocycles. The van der Waals surface area contributed by atoms with Crippen molar-refractivity contribution in [1.29, 1.82) is 0 Å². The Kier molecular flexibility index (Phi) is 9.40. The Morgan fingerprint density at radius 3 is 1.67 bits per heavy atom. The molecule has 0 radical (unpaired) electrons. The molecule has 5 nitrogen and oxygen atoms in total. The molecule has 0 amide bonds. The number of fused-ring (bicyclic) bond motifs is 2. The van der Waals surface area contributed by atoms with Gasteiger partial charge in [-0.25, -0.2) is 28.7 Å². The topological polar surface area (TPSA) is 60.8 Å². The second kappa shape index (κ2) is 13.0. The minimum atomic E-state index is -0.419. The molecule has 0 unspecified atom stereocenters. The first kappa shape index (κ1) is 30.3. The third-order valence-electron chi connectivity index (χ3n) is 6.02. The summed E-state index contributed by atoms with van der Waals surface area (Å²) in [6, 6.07) is 18.8. The van der Waals surface area contributed by atoms with E-state index in [4.69, 9.17) is 51.1 Å². The summed E-state index contributed by atoms with van der Waals surface area (Å²) in [5, 5.41) is 2.20. The lowest BCUT2D eigenvalue weighted by Gasteiger charge is -2.10. The molecule has 0 atom stereocenters. The smallest absolute Gasteiger partial charge is 0.241 e. The third-order valence-corrected chi connectivity index (χ3v) is 7.82. The van der Waals surface area contributed by atoms with E-state index in [2.05, 4.69) is 35.9 Å². The van der Waals surface area contributed by atoms with Crippen molar-refractivity contribution >= 4 is 84.4 Å². The van der Waals surface area contributed by atoms with Gasteiger partial charge in [-0.2, -0.15) is 0 Å². The summed E-state index contributed by atoms with van der Waals surface area (Å²) in [5.74, 6) is -0.536. The van der Waals surface area contributed by atoms with Gasteiger partial charge in [0, 0.05) is 16.5 Å². The van der Waals surface area contributed by atoms with Crippen molar-refractivity contribution in [3.05, 3.63) is 110 Å². The fourth-order valence-corrected chi connectivity index (χ4v) is 5.32. The monoisotopic (exact) mass is 706 g/mol. The van der Waals surface area contributed by atoms with Gasteiger partial charge in [0.05, 0.1) is 49.6 Å². The fourth-order valence-electron chi connectivity index (χ4n) is 4.09. The van der Waals surface area contributed by atoms with Crippen LogP contribution in [0.2, 0.25) is 20.1 Å². The molecule has 0 aliphatic rings. The average Bonchev–Trinajstić information content (AvgIpc) is 2.99. The summed E-state index contributed by atoms with van der Waals surface area (Å²) in [6.45, 7) is 0. The van der Waals surface area contributed by atoms with Crippen molar-refractivity contribution < 1.29 is 13.5 Å². The predicted molar refractivity (Wildman–Crippen MR) is 169 cm³/mol. The lowest BCUT2D eigenvalue weighted by atomic mass is 10.1. The van der Waals surface area contributed by atoms with Crippen LogP contribution in [0.3, 0.4) is 0 Å². The lowest BCUT2D eigenvalue weighted by Crippen LogP contribution is -1.98. The number of aromatic nitrogens is 4. The molecule has 4 aromatic carbocycles. The molecule has 0 spiro atoms. The van der Waals surface area contributed by atoms with Crippen molar-refractivity contribution in [2.45, 2.75) is 5.33 Å². The van der Waals surface area contributed by atoms with E-state index >= 15 is 0 Å². The molecular formula is C30H17BrCl4F2N4O. The maximum Gasteiger partial charge on any atom is 0.241 e. The van der Waals surface area contributed by atoms with E-state index in [1.165, 1.54) is 43.5 Å². The fraction of sp³-hybridized carbons (Fsp3) is 0.0667. The zero-order valence-corrected chi connectivity index (χ0v) is 26.1. The van der Waals surface area contributed by atoms with Gasteiger partial charge in [0.2, 0.25) is 5.88 Å². The molecule has 0 bridgehead atoms. The van der Waals surface area contributed by atoms with Gasteiger partial charge in [0.25, 0.3) is 0 Å². The highest BCUT2D eigenvalue weighted by Crippen LogP contribution is 2.36. The molecule has 0 aliphatic heterocycles. The van der Waals surface area contributed by atoms with Crippen LogP contribution in [-0.4, -0.2) is 27.0 Å². The van der Waals surface area contributed by atoms with Gasteiger partial charge < -0.3 is 4.74 Å². The van der Waals surface area contributed by atoms with Gasteiger partial charge in [0.15, 0.2) is 0 Å². The largest absolute Gasteiger partial charge is 0.479 e. The normalized spacial score (nSPS) is 11.0. The number of methoxy groups -OCH3 is 1. The quantitative estimate of drug-likeness (QED) is 0.171. The van der Waals surface area contributed by atoms with Crippen molar-refractivity contribution in [3.8, 4) is 28.4 Å². The van der Waals surface area contributed by atoms with Crippen molar-refractivity contribution in [1.82, 2.24) is 19.9 Å². The number of halogens is 7. The van der Waals surface area contributed by atoms with Crippen molar-refractivity contribution in [3.63, 3.8) is 0 Å². The molecule has 12 heteroatoms. The van der Waals surface area contributed by atoms with Crippen LogP contribution in [0.25, 0.3) is 44.6 Å². The van der Waals surface area contributed by atoms with Gasteiger partial charge in [-0.05, 0) is 60.7 Å². The van der Waals surface area contributed by atoms with Crippen LogP contribution < -0.4 is 4.74 Å². The maximum atomic E-state index is 13.5. The standard InChI is InChI=1S/C15H8BrCl2FN2.C15H9Cl2FN2O/c16-7-13-14(9-6-8(19)4-5-10(9)17)21-15-11(18)2-1-3-12(15)20-13;1-21-15-13(9-7-8(18)5-6-10(9)16)20-14-11(17)3-2-4-12(14)19-15/h1-6H,7H2;2-7H,1H3. The van der Waals surface area contributed by atoms with E-state index in [9.17, 15) is 8.78 Å². The van der Waals surface area contributed by atoms with Crippen LogP contribution >= 0.6 is 62.3 Å². The zero-order valence-electron chi connectivity index (χ0n) is 21.5. The average molecular weight is 709 g/mol. The Labute approximate surface area is 267 Å². The van der Waals surface area contributed by atoms with Gasteiger partial charge in [-0.3, -0.25) is 0 Å². The first-order valence-corrected chi connectivity index (χ1v) is 14.8. The summed E-state index contributed by atoms with van der Waals surface area (Å²) in [7, 11) is 1.47. The van der Waals surface area contributed by atoms with Crippen LogP contribution in [0.15, 0.2) is 72.8 Å². The number of para-hydroxylation sites is 2. The zero-order chi connectivity index (χ0) is 30.0. The minimum absolute atomic E-state index is 0.261. The summed E-state index contributed by atoms with van der Waals surface area (Å²) in [6.07, 6.45) is 0. The highest BCUT2D eigenvalue weighted by atomic mass is 79.9. The number of nitrogens with zero attached hydrogens (tertiary/aromatic N) is 4. The van der Waals surface area contributed by atoms with Crippen molar-refractivity contribution in [2.24, 2.45) is 0 Å². The molecule has 2 aromatic heterocycles. The Hall–Kier alpha value is -3.14. The van der Waals surface area contributed by atoms with Crippen molar-refractivity contribution in [2.75, 3.05) is 7.11 Å². The van der Waals surface area contributed by atoms with Gasteiger partial charge in [-0.1, -0.05) is 74.5 Å². The highest BCUT2D eigenvalue weighted by Gasteiger charge is 2.17. The molecule has 6 rings (SSSR count). The predicted octanol–water partition coefficient (Wildman–Crippen LogP) is 10.4. The van der Waals surface area contributed by atoms with E-state index < -0.39 is 5.82 Å². The Bertz CT molecular complexity index is 1820. The van der Waals surface area contributed by atoms with Crippen LogP contribution in [0.1, 0.15) is 5.69 Å². The second-order valence-electron chi connectivity index (χ2n) is 8.70. The Morgan fingerprint density at radius 1 is 0.643 bits per heavy atom. The van der Waals surface area contributed by atoms with Crippen LogP contribution in [0.4, 0.5) is 8.78 Å². The van der Waals surface area contributed by atoms with Gasteiger partial charge in [0.1, 0.15) is 28.4 Å². The number of hydrogen-bond acceptors (Lipinski definition) is 5. The maximum absolute atomic E-state index is 13.5. The van der Waals surface area contributed by atoms with E-state index in [-0.39, 0.29) is 11.7 Å². The molecule has 0 N–H and O–H groups in total. The number of rotatable bonds is 4. The number of ether oxygens (including phenoxy) is 1. The third kappa shape index (κ3) is 6.28. The molecule has 0 fully saturated rings. The molecule has 6 aromatic rings. The van der Waals surface area contributed by atoms with Gasteiger partial charge in [-0.15, -0.1) is 0 Å². The number of benzene rings is 4. The van der Waals surface area contributed by atoms with Crippen LogP contribution in [-0.2, 0) is 5.33 Å². The van der Waals surface area contributed by atoms with Crippen LogP contribution in [0.5, 0.6) is 5.88 Å². The molecule has 212 valence electrons. The highest BCUT2D eigenvalue weighted by molar-refractivity contribution is 9.08. The molecule has 2 heterocycles. The van der Waals surface area contributed by atoms with E-state index in [0.717, 1.165) is 0 Å². The first-order chi connectivity index (χ1) is 20.2. The van der Waals surface area contributed by atoms with Gasteiger partial charge >= 0.3 is 0 Å². The number of hydrogen-bond donors (Lipinski definition) is 0. The summed E-state index contributed by atoms with van der Waals surface area (Å²) in [4.78, 5) is 17.9. The first-order valence-electron chi connectivity index (χ1n) is 12.1. The molecule has 0 aliphatic carbocycles. The molecule has 0 saturated heterocycles. The Balaban J connectivity index is 0.000000168. The molecular weight excluding hydrogens is 692 g/mol.